The molecule has 3 aromatic rings. The van der Waals surface area contributed by atoms with E-state index in [-0.39, 0.29) is 5.38 Å². The van der Waals surface area contributed by atoms with E-state index >= 15 is 0 Å². The van der Waals surface area contributed by atoms with Gasteiger partial charge >= 0.3 is 0 Å². The molecule has 0 aliphatic rings. The Bertz CT molecular complexity index is 705. The van der Waals surface area contributed by atoms with Gasteiger partial charge in [-0.3, -0.25) is 4.98 Å². The van der Waals surface area contributed by atoms with Crippen LogP contribution in [0.15, 0.2) is 42.7 Å². The molecule has 0 radical (unpaired) electrons. The van der Waals surface area contributed by atoms with E-state index in [1.54, 1.807) is 10.9 Å². The van der Waals surface area contributed by atoms with Gasteiger partial charge in [0, 0.05) is 11.6 Å². The molecule has 0 saturated heterocycles. The summed E-state index contributed by atoms with van der Waals surface area (Å²) < 4.78 is 1.80. The second-order valence-electron chi connectivity index (χ2n) is 4.49. The molecule has 0 spiro atoms. The molecule has 0 fully saturated rings. The van der Waals surface area contributed by atoms with Crippen LogP contribution in [0.4, 0.5) is 0 Å². The van der Waals surface area contributed by atoms with E-state index in [1.807, 2.05) is 25.3 Å². The lowest BCUT2D eigenvalue weighted by molar-refractivity contribution is 0.649. The molecule has 2 heterocycles. The summed E-state index contributed by atoms with van der Waals surface area (Å²) in [4.78, 5) is 4.30. The van der Waals surface area contributed by atoms with Gasteiger partial charge in [-0.05, 0) is 30.7 Å². The van der Waals surface area contributed by atoms with Gasteiger partial charge in [-0.1, -0.05) is 17.3 Å². The van der Waals surface area contributed by atoms with Crippen molar-refractivity contribution >= 4 is 22.5 Å². The van der Waals surface area contributed by atoms with Crippen LogP contribution in [-0.2, 0) is 6.54 Å². The van der Waals surface area contributed by atoms with Crippen LogP contribution in [0.3, 0.4) is 0 Å². The Hall–Kier alpha value is -1.94. The van der Waals surface area contributed by atoms with Crippen molar-refractivity contribution in [3.63, 3.8) is 0 Å². The lowest BCUT2D eigenvalue weighted by Crippen LogP contribution is -2.00. The molecule has 0 amide bonds. The minimum Gasteiger partial charge on any atom is -0.256 e. The number of hydrogen-bond acceptors (Lipinski definition) is 3. The average molecular weight is 273 g/mol. The summed E-state index contributed by atoms with van der Waals surface area (Å²) in [7, 11) is 0. The number of aromatic nitrogens is 4. The molecular weight excluding hydrogens is 260 g/mol. The van der Waals surface area contributed by atoms with Gasteiger partial charge < -0.3 is 0 Å². The van der Waals surface area contributed by atoms with Crippen LogP contribution in [0.2, 0.25) is 0 Å². The van der Waals surface area contributed by atoms with Gasteiger partial charge in [-0.15, -0.1) is 16.7 Å². The van der Waals surface area contributed by atoms with E-state index in [9.17, 15) is 0 Å². The first-order valence-electron chi connectivity index (χ1n) is 6.10. The Morgan fingerprint density at radius 3 is 3.00 bits per heavy atom. The zero-order valence-electron chi connectivity index (χ0n) is 10.5. The van der Waals surface area contributed by atoms with Crippen LogP contribution >= 0.6 is 11.6 Å². The third-order valence-electron chi connectivity index (χ3n) is 2.98. The van der Waals surface area contributed by atoms with Gasteiger partial charge in [0.25, 0.3) is 0 Å². The van der Waals surface area contributed by atoms with Crippen molar-refractivity contribution in [3.05, 3.63) is 54.0 Å². The number of fused-ring (bicyclic) bond motifs is 1. The predicted molar refractivity (Wildman–Crippen MR) is 75.1 cm³/mol. The topological polar surface area (TPSA) is 43.6 Å². The molecule has 5 heteroatoms. The minimum atomic E-state index is -0.116. The van der Waals surface area contributed by atoms with Crippen molar-refractivity contribution in [1.82, 2.24) is 20.0 Å². The number of alkyl halides is 1. The van der Waals surface area contributed by atoms with Crippen LogP contribution < -0.4 is 0 Å². The largest absolute Gasteiger partial charge is 0.256 e. The molecule has 1 atom stereocenters. The normalized spacial score (nSPS) is 12.7. The van der Waals surface area contributed by atoms with Gasteiger partial charge in [0.1, 0.15) is 5.69 Å². The summed E-state index contributed by atoms with van der Waals surface area (Å²) in [6, 6.07) is 10.2. The van der Waals surface area contributed by atoms with E-state index in [0.717, 1.165) is 16.6 Å². The van der Waals surface area contributed by atoms with E-state index in [4.69, 9.17) is 11.6 Å². The molecule has 0 N–H and O–H groups in total. The highest BCUT2D eigenvalue weighted by Crippen LogP contribution is 2.17. The molecule has 0 saturated carbocycles. The Morgan fingerprint density at radius 1 is 1.32 bits per heavy atom. The van der Waals surface area contributed by atoms with Crippen molar-refractivity contribution in [1.29, 1.82) is 0 Å². The van der Waals surface area contributed by atoms with Crippen LogP contribution in [0.25, 0.3) is 10.9 Å². The van der Waals surface area contributed by atoms with Crippen LogP contribution in [0.5, 0.6) is 0 Å². The van der Waals surface area contributed by atoms with Crippen LogP contribution in [-0.4, -0.2) is 20.0 Å². The Labute approximate surface area is 116 Å². The molecule has 0 aliphatic heterocycles. The molecule has 0 aliphatic carbocycles. The van der Waals surface area contributed by atoms with Crippen molar-refractivity contribution in [2.75, 3.05) is 0 Å². The smallest absolute Gasteiger partial charge is 0.100 e. The Balaban J connectivity index is 1.87. The van der Waals surface area contributed by atoms with Gasteiger partial charge in [0.05, 0.1) is 23.6 Å². The second kappa shape index (κ2) is 4.97. The second-order valence-corrected chi connectivity index (χ2v) is 5.14. The zero-order valence-corrected chi connectivity index (χ0v) is 11.2. The van der Waals surface area contributed by atoms with Crippen molar-refractivity contribution < 1.29 is 0 Å². The quantitative estimate of drug-likeness (QED) is 0.688. The highest BCUT2D eigenvalue weighted by atomic mass is 35.5. The standard InChI is InChI=1S/C14H13ClN4/c1-10(15)14-9-19(18-17-14)8-11-4-5-13-12(7-11)3-2-6-16-13/h2-7,9-10H,8H2,1H3. The number of pyridine rings is 1. The highest BCUT2D eigenvalue weighted by molar-refractivity contribution is 6.20. The zero-order chi connectivity index (χ0) is 13.2. The molecule has 0 bridgehead atoms. The Morgan fingerprint density at radius 2 is 2.21 bits per heavy atom. The molecule has 4 nitrogen and oxygen atoms in total. The highest BCUT2D eigenvalue weighted by Gasteiger charge is 2.07. The average Bonchev–Trinajstić information content (AvgIpc) is 2.87. The maximum absolute atomic E-state index is 5.97. The number of benzene rings is 1. The van der Waals surface area contributed by atoms with Crippen molar-refractivity contribution in [3.8, 4) is 0 Å². The van der Waals surface area contributed by atoms with Gasteiger partial charge in [0.2, 0.25) is 0 Å². The summed E-state index contributed by atoms with van der Waals surface area (Å²) >= 11 is 5.97. The SMILES string of the molecule is CC(Cl)c1cn(Cc2ccc3ncccc3c2)nn1. The molecular formula is C14H13ClN4. The monoisotopic (exact) mass is 272 g/mol. The first kappa shape index (κ1) is 12.1. The summed E-state index contributed by atoms with van der Waals surface area (Å²) in [5.74, 6) is 0. The number of nitrogens with zero attached hydrogens (tertiary/aromatic N) is 4. The first-order chi connectivity index (χ1) is 9.22. The van der Waals surface area contributed by atoms with E-state index in [2.05, 4.69) is 33.5 Å². The molecule has 3 rings (SSSR count). The van der Waals surface area contributed by atoms with E-state index < -0.39 is 0 Å². The maximum atomic E-state index is 5.97. The van der Waals surface area contributed by atoms with E-state index in [1.165, 1.54) is 5.56 Å². The summed E-state index contributed by atoms with van der Waals surface area (Å²) in [6.07, 6.45) is 3.68. The molecule has 2 aromatic heterocycles. The number of halogens is 1. The Kier molecular flexibility index (Phi) is 3.17. The number of hydrogen-bond donors (Lipinski definition) is 0. The third kappa shape index (κ3) is 2.58. The fourth-order valence-electron chi connectivity index (χ4n) is 1.98. The lowest BCUT2D eigenvalue weighted by Gasteiger charge is -2.03. The van der Waals surface area contributed by atoms with Gasteiger partial charge in [-0.2, -0.15) is 0 Å². The predicted octanol–water partition coefficient (Wildman–Crippen LogP) is 3.17. The van der Waals surface area contributed by atoms with Crippen molar-refractivity contribution in [2.45, 2.75) is 18.8 Å². The van der Waals surface area contributed by atoms with E-state index in [0.29, 0.717) is 6.54 Å². The third-order valence-corrected chi connectivity index (χ3v) is 3.20. The molecule has 1 aromatic carbocycles. The van der Waals surface area contributed by atoms with Crippen LogP contribution in [0, 0.1) is 0 Å². The number of rotatable bonds is 3. The van der Waals surface area contributed by atoms with Gasteiger partial charge in [0.15, 0.2) is 0 Å². The first-order valence-corrected chi connectivity index (χ1v) is 6.54. The minimum absolute atomic E-state index is 0.116. The lowest BCUT2D eigenvalue weighted by atomic mass is 10.1. The van der Waals surface area contributed by atoms with Crippen molar-refractivity contribution in [2.24, 2.45) is 0 Å². The summed E-state index contributed by atoms with van der Waals surface area (Å²) in [6.45, 7) is 2.57. The maximum Gasteiger partial charge on any atom is 0.100 e. The molecule has 1 unspecified atom stereocenters. The summed E-state index contributed by atoms with van der Waals surface area (Å²) in [5, 5.41) is 9.14. The fraction of sp³-hybridized carbons (Fsp3) is 0.214. The van der Waals surface area contributed by atoms with Gasteiger partial charge in [-0.25, -0.2) is 4.68 Å². The molecule has 19 heavy (non-hydrogen) atoms. The fourth-order valence-corrected chi connectivity index (χ4v) is 2.08. The summed E-state index contributed by atoms with van der Waals surface area (Å²) in [5.41, 5.74) is 2.96. The van der Waals surface area contributed by atoms with Crippen LogP contribution in [0.1, 0.15) is 23.6 Å². The molecule has 96 valence electrons.